The fourth-order valence-electron chi connectivity index (χ4n) is 9.19. The Balaban J connectivity index is 1.11. The van der Waals surface area contributed by atoms with E-state index in [0.717, 1.165) is 40.5 Å². The molecule has 0 unspecified atom stereocenters. The van der Waals surface area contributed by atoms with Crippen LogP contribution in [-0.4, -0.2) is 9.13 Å². The summed E-state index contributed by atoms with van der Waals surface area (Å²) in [7, 11) is 0. The Morgan fingerprint density at radius 3 is 1.65 bits per heavy atom. The van der Waals surface area contributed by atoms with E-state index in [1.807, 2.05) is 6.07 Å². The zero-order valence-corrected chi connectivity index (χ0v) is 30.9. The molecule has 3 aromatic heterocycles. The van der Waals surface area contributed by atoms with Crippen molar-refractivity contribution in [3.63, 3.8) is 0 Å². The lowest BCUT2D eigenvalue weighted by Crippen LogP contribution is -2.02. The van der Waals surface area contributed by atoms with Crippen LogP contribution in [0.15, 0.2) is 174 Å². The lowest BCUT2D eigenvalue weighted by molar-refractivity contribution is 0.669. The summed E-state index contributed by atoms with van der Waals surface area (Å²) in [6.07, 6.45) is 2.08. The summed E-state index contributed by atoms with van der Waals surface area (Å²) in [5.74, 6) is 0. The number of aromatic nitrogens is 2. The molecule has 0 bridgehead atoms. The van der Waals surface area contributed by atoms with Crippen molar-refractivity contribution in [2.75, 3.05) is 0 Å². The van der Waals surface area contributed by atoms with E-state index in [1.165, 1.54) is 82.7 Å². The van der Waals surface area contributed by atoms with Crippen molar-refractivity contribution in [2.45, 2.75) is 26.7 Å². The second kappa shape index (κ2) is 12.4. The topological polar surface area (TPSA) is 23.0 Å². The molecule has 3 heterocycles. The van der Waals surface area contributed by atoms with Crippen LogP contribution in [0.25, 0.3) is 99.2 Å². The summed E-state index contributed by atoms with van der Waals surface area (Å²) < 4.78 is 11.2. The Kier molecular flexibility index (Phi) is 7.12. The Morgan fingerprint density at radius 2 is 0.964 bits per heavy atom. The van der Waals surface area contributed by atoms with Gasteiger partial charge in [0.1, 0.15) is 11.2 Å². The van der Waals surface area contributed by atoms with Gasteiger partial charge in [-0.3, -0.25) is 0 Å². The van der Waals surface area contributed by atoms with E-state index >= 15 is 0 Å². The summed E-state index contributed by atoms with van der Waals surface area (Å²) in [5, 5.41) is 7.26. The van der Waals surface area contributed by atoms with E-state index in [0.29, 0.717) is 0 Å². The minimum Gasteiger partial charge on any atom is -0.456 e. The predicted molar refractivity (Wildman–Crippen MR) is 232 cm³/mol. The first-order valence-corrected chi connectivity index (χ1v) is 19.3. The van der Waals surface area contributed by atoms with Crippen LogP contribution in [0.3, 0.4) is 0 Å². The van der Waals surface area contributed by atoms with Gasteiger partial charge < -0.3 is 13.6 Å². The van der Waals surface area contributed by atoms with Crippen molar-refractivity contribution < 1.29 is 4.42 Å². The fraction of sp³-hybridized carbons (Fsp3) is 0.0769. The molecule has 11 rings (SSSR count). The maximum Gasteiger partial charge on any atom is 0.137 e. The zero-order valence-electron chi connectivity index (χ0n) is 30.9. The quantitative estimate of drug-likeness (QED) is 0.169. The van der Waals surface area contributed by atoms with Crippen LogP contribution in [-0.2, 0) is 6.42 Å². The molecule has 0 aliphatic carbocycles. The zero-order chi connectivity index (χ0) is 36.6. The van der Waals surface area contributed by atoms with Crippen LogP contribution in [0.1, 0.15) is 24.5 Å². The number of furan rings is 1. The molecule has 0 atom stereocenters. The molecule has 0 N–H and O–H groups in total. The van der Waals surface area contributed by atoms with Crippen LogP contribution in [0, 0.1) is 6.92 Å². The molecular weight excluding hydrogens is 669 g/mol. The molecule has 0 fully saturated rings. The van der Waals surface area contributed by atoms with Gasteiger partial charge >= 0.3 is 0 Å². The maximum atomic E-state index is 6.32. The molecule has 0 saturated carbocycles. The van der Waals surface area contributed by atoms with Crippen molar-refractivity contribution in [3.8, 4) is 33.6 Å². The first-order valence-electron chi connectivity index (χ1n) is 19.3. The van der Waals surface area contributed by atoms with Crippen molar-refractivity contribution in [3.05, 3.63) is 181 Å². The van der Waals surface area contributed by atoms with Crippen LogP contribution >= 0.6 is 0 Å². The Morgan fingerprint density at radius 1 is 0.436 bits per heavy atom. The minimum atomic E-state index is 0.900. The van der Waals surface area contributed by atoms with E-state index in [4.69, 9.17) is 4.42 Å². The third kappa shape index (κ3) is 4.76. The van der Waals surface area contributed by atoms with Crippen LogP contribution < -0.4 is 0 Å². The molecule has 0 aliphatic heterocycles. The highest BCUT2D eigenvalue weighted by molar-refractivity contribution is 6.15. The number of aryl methyl sites for hydroxylation is 1. The van der Waals surface area contributed by atoms with E-state index < -0.39 is 0 Å². The van der Waals surface area contributed by atoms with E-state index in [1.54, 1.807) is 0 Å². The van der Waals surface area contributed by atoms with E-state index in [-0.39, 0.29) is 0 Å². The van der Waals surface area contributed by atoms with Crippen molar-refractivity contribution in [2.24, 2.45) is 0 Å². The third-order valence-electron chi connectivity index (χ3n) is 11.6. The highest BCUT2D eigenvalue weighted by Crippen LogP contribution is 2.42. The second-order valence-electron chi connectivity index (χ2n) is 14.8. The van der Waals surface area contributed by atoms with Gasteiger partial charge in [0.25, 0.3) is 0 Å². The molecular formula is C52H38N2O. The Bertz CT molecular complexity index is 3300. The number of fused-ring (bicyclic) bond motifs is 9. The summed E-state index contributed by atoms with van der Waals surface area (Å²) in [6, 6.07) is 62.0. The second-order valence-corrected chi connectivity index (χ2v) is 14.8. The van der Waals surface area contributed by atoms with Gasteiger partial charge in [0, 0.05) is 32.6 Å². The number of rotatable bonds is 6. The van der Waals surface area contributed by atoms with Crippen molar-refractivity contribution in [1.29, 1.82) is 0 Å². The Hall–Kier alpha value is -6.84. The van der Waals surface area contributed by atoms with E-state index in [9.17, 15) is 0 Å². The number of hydrogen-bond donors (Lipinski definition) is 0. The van der Waals surface area contributed by atoms with Crippen LogP contribution in [0.5, 0.6) is 0 Å². The third-order valence-corrected chi connectivity index (χ3v) is 11.6. The van der Waals surface area contributed by atoms with Gasteiger partial charge in [0.05, 0.1) is 33.1 Å². The molecule has 0 saturated heterocycles. The number of nitrogens with zero attached hydrogens (tertiary/aromatic N) is 2. The number of benzene rings is 8. The number of para-hydroxylation sites is 3. The summed E-state index contributed by atoms with van der Waals surface area (Å²) in [5.41, 5.74) is 16.8. The molecule has 55 heavy (non-hydrogen) atoms. The molecule has 11 aromatic rings. The first kappa shape index (κ1) is 31.7. The van der Waals surface area contributed by atoms with Crippen LogP contribution in [0.4, 0.5) is 0 Å². The van der Waals surface area contributed by atoms with Crippen molar-refractivity contribution >= 4 is 65.6 Å². The van der Waals surface area contributed by atoms with Gasteiger partial charge in [-0.2, -0.15) is 0 Å². The summed E-state index contributed by atoms with van der Waals surface area (Å²) >= 11 is 0. The fourth-order valence-corrected chi connectivity index (χ4v) is 9.19. The minimum absolute atomic E-state index is 0.900. The van der Waals surface area contributed by atoms with Gasteiger partial charge in [-0.05, 0) is 107 Å². The largest absolute Gasteiger partial charge is 0.456 e. The standard InChI is InChI=1S/C52H38N2O/c1-3-14-38-37(36-16-5-4-15-33(36)2)20-12-23-46(38)53-44-21-9-6-17-39(44)42-31-34(27-29-47(42)53)35-28-30-48-43(32-35)40-18-7-10-22-45(40)54(48)49-24-13-26-51-52(49)41-19-8-11-25-50(41)55-51/h4-13,15-32H,3,14H2,1-2H3. The van der Waals surface area contributed by atoms with E-state index in [2.05, 4.69) is 187 Å². The average molecular weight is 707 g/mol. The molecule has 0 spiro atoms. The van der Waals surface area contributed by atoms with Crippen LogP contribution in [0.2, 0.25) is 0 Å². The van der Waals surface area contributed by atoms with Crippen molar-refractivity contribution in [1.82, 2.24) is 9.13 Å². The summed E-state index contributed by atoms with van der Waals surface area (Å²) in [4.78, 5) is 0. The molecule has 3 nitrogen and oxygen atoms in total. The van der Waals surface area contributed by atoms with Gasteiger partial charge in [-0.1, -0.05) is 123 Å². The smallest absolute Gasteiger partial charge is 0.137 e. The normalized spacial score (nSPS) is 12.0. The average Bonchev–Trinajstić information content (AvgIpc) is 3.89. The lowest BCUT2D eigenvalue weighted by atomic mass is 9.92. The molecule has 0 amide bonds. The van der Waals surface area contributed by atoms with Gasteiger partial charge in [-0.25, -0.2) is 0 Å². The van der Waals surface area contributed by atoms with Gasteiger partial charge in [0.15, 0.2) is 0 Å². The maximum absolute atomic E-state index is 6.32. The molecule has 8 aromatic carbocycles. The predicted octanol–water partition coefficient (Wildman–Crippen LogP) is 14.4. The van der Waals surface area contributed by atoms with Gasteiger partial charge in [-0.15, -0.1) is 0 Å². The Labute approximate surface area is 319 Å². The molecule has 0 aliphatic rings. The number of hydrogen-bond acceptors (Lipinski definition) is 1. The molecule has 3 heteroatoms. The molecule has 262 valence electrons. The SMILES string of the molecule is CCCc1c(-c2ccccc2C)cccc1-n1c2ccccc2c2cc(-c3ccc4c(c3)c3ccccc3n4-c3cccc4oc5ccccc5c34)ccc21. The summed E-state index contributed by atoms with van der Waals surface area (Å²) in [6.45, 7) is 4.50. The lowest BCUT2D eigenvalue weighted by Gasteiger charge is -2.18. The monoisotopic (exact) mass is 706 g/mol. The van der Waals surface area contributed by atoms with Gasteiger partial charge in [0.2, 0.25) is 0 Å². The first-order chi connectivity index (χ1) is 27.2. The highest BCUT2D eigenvalue weighted by atomic mass is 16.3. The highest BCUT2D eigenvalue weighted by Gasteiger charge is 2.20. The molecule has 0 radical (unpaired) electrons.